The molecule has 1 atom stereocenters. The van der Waals surface area contributed by atoms with Crippen LogP contribution in [0, 0.1) is 0 Å². The van der Waals surface area contributed by atoms with E-state index in [1.54, 1.807) is 0 Å². The van der Waals surface area contributed by atoms with E-state index in [0.717, 1.165) is 18.4 Å². The molecule has 0 aromatic carbocycles. The maximum absolute atomic E-state index is 11.3. The molecule has 0 aromatic rings. The number of carbonyl (C=O) groups is 1. The van der Waals surface area contributed by atoms with Crippen LogP contribution in [0.5, 0.6) is 0 Å². The maximum atomic E-state index is 11.3. The molecule has 3 heteroatoms. The zero-order chi connectivity index (χ0) is 12.5. The topological polar surface area (TPSA) is 26.3 Å². The minimum Gasteiger partial charge on any atom is -0.455 e. The number of halogens is 1. The van der Waals surface area contributed by atoms with Gasteiger partial charge in [0.25, 0.3) is 0 Å². The van der Waals surface area contributed by atoms with Crippen LogP contribution >= 0.6 is 22.6 Å². The van der Waals surface area contributed by atoms with Gasteiger partial charge in [-0.05, 0) is 42.8 Å². The van der Waals surface area contributed by atoms with Gasteiger partial charge in [-0.3, -0.25) is 0 Å². The van der Waals surface area contributed by atoms with Gasteiger partial charge in [0.2, 0.25) is 0 Å². The van der Waals surface area contributed by atoms with Crippen LogP contribution in [0.2, 0.25) is 0 Å². The van der Waals surface area contributed by atoms with E-state index in [9.17, 15) is 4.79 Å². The second-order valence-electron chi connectivity index (χ2n) is 4.47. The zero-order valence-corrected chi connectivity index (χ0v) is 12.6. The maximum Gasteiger partial charge on any atom is 0.334 e. The van der Waals surface area contributed by atoms with Crippen LogP contribution in [-0.2, 0) is 9.53 Å². The van der Waals surface area contributed by atoms with Crippen molar-refractivity contribution in [1.82, 2.24) is 0 Å². The molecular formula is C14H21IO2. The number of hydrogen-bond acceptors (Lipinski definition) is 2. The number of rotatable bonds is 8. The van der Waals surface area contributed by atoms with Crippen LogP contribution in [0.15, 0.2) is 21.8 Å². The first-order chi connectivity index (χ1) is 8.24. The van der Waals surface area contributed by atoms with Crippen molar-refractivity contribution in [2.45, 2.75) is 58.0 Å². The quantitative estimate of drug-likeness (QED) is 0.366. The molecule has 17 heavy (non-hydrogen) atoms. The summed E-state index contributed by atoms with van der Waals surface area (Å²) >= 11 is 2.26. The highest BCUT2D eigenvalue weighted by molar-refractivity contribution is 14.1. The first kappa shape index (κ1) is 14.7. The molecule has 0 radical (unpaired) electrons. The van der Waals surface area contributed by atoms with Crippen LogP contribution in [0.25, 0.3) is 0 Å². The Kier molecular flexibility index (Phi) is 7.56. The second-order valence-corrected chi connectivity index (χ2v) is 5.19. The average molecular weight is 348 g/mol. The smallest absolute Gasteiger partial charge is 0.334 e. The number of allylic oxidation sites excluding steroid dienone is 1. The molecule has 0 spiro atoms. The number of unbranched alkanes of at least 4 members (excludes halogenated alkanes) is 5. The molecule has 0 amide bonds. The van der Waals surface area contributed by atoms with Crippen molar-refractivity contribution < 1.29 is 9.53 Å². The van der Waals surface area contributed by atoms with Gasteiger partial charge in [-0.1, -0.05) is 47.9 Å². The lowest BCUT2D eigenvalue weighted by molar-refractivity contribution is -0.139. The molecule has 0 fully saturated rings. The van der Waals surface area contributed by atoms with E-state index in [2.05, 4.69) is 32.7 Å². The highest BCUT2D eigenvalue weighted by Crippen LogP contribution is 2.19. The fourth-order valence-corrected chi connectivity index (χ4v) is 2.35. The van der Waals surface area contributed by atoms with Crippen molar-refractivity contribution in [3.63, 3.8) is 0 Å². The molecule has 0 saturated heterocycles. The molecule has 0 unspecified atom stereocenters. The first-order valence-corrected chi connectivity index (χ1v) is 7.65. The number of ether oxygens (including phenoxy) is 1. The summed E-state index contributed by atoms with van der Waals surface area (Å²) in [4.78, 5) is 11.3. The van der Waals surface area contributed by atoms with Crippen LogP contribution in [0.3, 0.4) is 0 Å². The van der Waals surface area contributed by atoms with E-state index >= 15 is 0 Å². The SMILES string of the molecule is C[C@H]1C=C(CCCCCCCC=CI)C(=O)O1. The molecule has 0 aliphatic carbocycles. The standard InChI is InChI=1S/C14H21IO2/c1-12-11-13(14(16)17-12)9-7-5-3-2-4-6-8-10-15/h8,10-12H,2-7,9H2,1H3/t12-/m0/s1. The lowest BCUT2D eigenvalue weighted by Gasteiger charge is -2.01. The number of hydrogen-bond donors (Lipinski definition) is 0. The number of cyclic esters (lactones) is 1. The molecule has 0 N–H and O–H groups in total. The fraction of sp³-hybridized carbons (Fsp3) is 0.643. The molecule has 1 aliphatic rings. The summed E-state index contributed by atoms with van der Waals surface area (Å²) < 4.78 is 7.14. The normalized spacial score (nSPS) is 19.8. The van der Waals surface area contributed by atoms with Crippen LogP contribution in [-0.4, -0.2) is 12.1 Å². The summed E-state index contributed by atoms with van der Waals surface area (Å²) in [5.74, 6) is -0.107. The van der Waals surface area contributed by atoms with Gasteiger partial charge in [0, 0.05) is 5.57 Å². The Labute approximate surface area is 118 Å². The van der Waals surface area contributed by atoms with Gasteiger partial charge in [-0.25, -0.2) is 4.79 Å². The molecule has 1 heterocycles. The van der Waals surface area contributed by atoms with Crippen molar-refractivity contribution >= 4 is 28.6 Å². The molecule has 0 saturated carbocycles. The van der Waals surface area contributed by atoms with E-state index in [4.69, 9.17) is 4.74 Å². The van der Waals surface area contributed by atoms with Crippen molar-refractivity contribution in [3.8, 4) is 0 Å². The van der Waals surface area contributed by atoms with Crippen molar-refractivity contribution in [1.29, 1.82) is 0 Å². The zero-order valence-electron chi connectivity index (χ0n) is 10.5. The molecule has 1 rings (SSSR count). The van der Waals surface area contributed by atoms with Gasteiger partial charge in [0.05, 0.1) is 0 Å². The molecule has 0 bridgehead atoms. The summed E-state index contributed by atoms with van der Waals surface area (Å²) in [6.45, 7) is 1.91. The number of carbonyl (C=O) groups excluding carboxylic acids is 1. The summed E-state index contributed by atoms with van der Waals surface area (Å²) in [6, 6.07) is 0. The minimum absolute atomic E-state index is 0.0161. The highest BCUT2D eigenvalue weighted by Gasteiger charge is 2.20. The van der Waals surface area contributed by atoms with Gasteiger partial charge >= 0.3 is 5.97 Å². The van der Waals surface area contributed by atoms with E-state index in [1.807, 2.05) is 13.0 Å². The lowest BCUT2D eigenvalue weighted by atomic mass is 10.1. The first-order valence-electron chi connectivity index (χ1n) is 6.41. The Hall–Kier alpha value is -0.320. The van der Waals surface area contributed by atoms with Gasteiger partial charge < -0.3 is 4.74 Å². The van der Waals surface area contributed by atoms with Crippen LogP contribution in [0.4, 0.5) is 0 Å². The Morgan fingerprint density at radius 3 is 2.65 bits per heavy atom. The molecule has 1 aliphatic heterocycles. The summed E-state index contributed by atoms with van der Waals surface area (Å²) in [7, 11) is 0. The van der Waals surface area contributed by atoms with Crippen molar-refractivity contribution in [2.24, 2.45) is 0 Å². The van der Waals surface area contributed by atoms with Gasteiger partial charge in [-0.15, -0.1) is 0 Å². The van der Waals surface area contributed by atoms with Crippen LogP contribution in [0.1, 0.15) is 51.9 Å². The molecular weight excluding hydrogens is 327 g/mol. The average Bonchev–Trinajstić information content (AvgIpc) is 2.61. The van der Waals surface area contributed by atoms with Gasteiger partial charge in [-0.2, -0.15) is 0 Å². The largest absolute Gasteiger partial charge is 0.455 e. The lowest BCUT2D eigenvalue weighted by Crippen LogP contribution is -2.03. The minimum atomic E-state index is -0.107. The summed E-state index contributed by atoms with van der Waals surface area (Å²) in [5, 5.41) is 0. The Morgan fingerprint density at radius 1 is 1.29 bits per heavy atom. The predicted molar refractivity (Wildman–Crippen MR) is 79.1 cm³/mol. The molecule has 96 valence electrons. The Bertz CT molecular complexity index is 295. The van der Waals surface area contributed by atoms with E-state index in [0.29, 0.717) is 0 Å². The number of esters is 1. The third-order valence-electron chi connectivity index (χ3n) is 2.90. The van der Waals surface area contributed by atoms with Crippen molar-refractivity contribution in [2.75, 3.05) is 0 Å². The summed E-state index contributed by atoms with van der Waals surface area (Å²) in [6.07, 6.45) is 12.4. The highest BCUT2D eigenvalue weighted by atomic mass is 127. The van der Waals surface area contributed by atoms with Crippen molar-refractivity contribution in [3.05, 3.63) is 21.8 Å². The fourth-order valence-electron chi connectivity index (χ4n) is 1.99. The van der Waals surface area contributed by atoms with E-state index in [1.165, 1.54) is 32.1 Å². The van der Waals surface area contributed by atoms with Gasteiger partial charge in [0.15, 0.2) is 0 Å². The van der Waals surface area contributed by atoms with Gasteiger partial charge in [0.1, 0.15) is 6.10 Å². The monoisotopic (exact) mass is 348 g/mol. The Morgan fingerprint density at radius 2 is 2.00 bits per heavy atom. The second kappa shape index (κ2) is 8.72. The third kappa shape index (κ3) is 6.24. The van der Waals surface area contributed by atoms with E-state index in [-0.39, 0.29) is 12.1 Å². The Balaban J connectivity index is 1.97. The van der Waals surface area contributed by atoms with Crippen LogP contribution < -0.4 is 0 Å². The molecule has 0 aromatic heterocycles. The molecule has 2 nitrogen and oxygen atoms in total. The summed E-state index contributed by atoms with van der Waals surface area (Å²) in [5.41, 5.74) is 0.880. The third-order valence-corrected chi connectivity index (χ3v) is 3.41. The van der Waals surface area contributed by atoms with E-state index < -0.39 is 0 Å². The predicted octanol–water partition coefficient (Wildman–Crippen LogP) is 4.54.